The van der Waals surface area contributed by atoms with Crippen molar-refractivity contribution in [2.24, 2.45) is 0 Å². The van der Waals surface area contributed by atoms with Crippen molar-refractivity contribution in [3.05, 3.63) is 29.8 Å². The van der Waals surface area contributed by atoms with E-state index in [1.165, 1.54) is 24.1 Å². The smallest absolute Gasteiger partial charge is 0.0610 e. The van der Waals surface area contributed by atoms with Crippen molar-refractivity contribution in [2.75, 3.05) is 25.1 Å². The van der Waals surface area contributed by atoms with Crippen LogP contribution in [-0.4, -0.2) is 36.9 Å². The van der Waals surface area contributed by atoms with Gasteiger partial charge in [-0.2, -0.15) is 0 Å². The Hall–Kier alpha value is -1.06. The highest BCUT2D eigenvalue weighted by Gasteiger charge is 2.31. The fourth-order valence-corrected chi connectivity index (χ4v) is 2.62. The van der Waals surface area contributed by atoms with E-state index in [4.69, 9.17) is 0 Å². The van der Waals surface area contributed by atoms with Gasteiger partial charge in [0.25, 0.3) is 0 Å². The summed E-state index contributed by atoms with van der Waals surface area (Å²) in [4.78, 5) is 2.29. The normalized spacial score (nSPS) is 17.8. The van der Waals surface area contributed by atoms with Gasteiger partial charge in [-0.15, -0.1) is 0 Å². The van der Waals surface area contributed by atoms with Crippen molar-refractivity contribution >= 4 is 5.69 Å². The van der Waals surface area contributed by atoms with Crippen LogP contribution in [0.5, 0.6) is 0 Å². The van der Waals surface area contributed by atoms with Crippen LogP contribution in [0.25, 0.3) is 0 Å². The summed E-state index contributed by atoms with van der Waals surface area (Å²) in [6, 6.07) is 9.24. The average molecular weight is 276 g/mol. The summed E-state index contributed by atoms with van der Waals surface area (Å²) < 4.78 is 0. The molecule has 1 aliphatic carbocycles. The second-order valence-electron chi connectivity index (χ2n) is 6.50. The first-order chi connectivity index (χ1) is 9.52. The van der Waals surface area contributed by atoms with Gasteiger partial charge in [-0.25, -0.2) is 0 Å². The number of aliphatic hydroxyl groups is 1. The lowest BCUT2D eigenvalue weighted by Crippen LogP contribution is -2.47. The molecule has 1 fully saturated rings. The largest absolute Gasteiger partial charge is 0.394 e. The lowest BCUT2D eigenvalue weighted by molar-refractivity contribution is 0.162. The van der Waals surface area contributed by atoms with Crippen LogP contribution < -0.4 is 10.2 Å². The fraction of sp³-hybridized carbons (Fsp3) is 0.647. The van der Waals surface area contributed by atoms with Crippen LogP contribution in [0.1, 0.15) is 38.2 Å². The topological polar surface area (TPSA) is 35.5 Å². The number of aliphatic hydroxyl groups excluding tert-OH is 1. The molecule has 0 saturated heterocycles. The number of nitrogens with zero attached hydrogens (tertiary/aromatic N) is 1. The van der Waals surface area contributed by atoms with Gasteiger partial charge in [0.05, 0.1) is 6.61 Å². The van der Waals surface area contributed by atoms with Crippen molar-refractivity contribution in [3.8, 4) is 0 Å². The molecule has 0 spiro atoms. The van der Waals surface area contributed by atoms with Crippen LogP contribution in [0, 0.1) is 6.92 Å². The Kier molecular flexibility index (Phi) is 5.06. The summed E-state index contributed by atoms with van der Waals surface area (Å²) in [5.74, 6) is 0. The van der Waals surface area contributed by atoms with E-state index < -0.39 is 0 Å². The van der Waals surface area contributed by atoms with Gasteiger partial charge in [0.1, 0.15) is 0 Å². The predicted octanol–water partition coefficient (Wildman–Crippen LogP) is 2.71. The summed E-state index contributed by atoms with van der Waals surface area (Å²) in [6.07, 6.45) is 4.62. The SMILES string of the molecule is Cc1cccc(N(C)CCCC(C)(CO)NC2CC2)c1. The van der Waals surface area contributed by atoms with Gasteiger partial charge in [0.15, 0.2) is 0 Å². The Labute approximate surface area is 123 Å². The molecule has 0 aromatic heterocycles. The number of hydrogen-bond donors (Lipinski definition) is 2. The quantitative estimate of drug-likeness (QED) is 0.766. The van der Waals surface area contributed by atoms with Crippen LogP contribution in [0.15, 0.2) is 24.3 Å². The summed E-state index contributed by atoms with van der Waals surface area (Å²) in [5, 5.41) is 13.2. The second kappa shape index (κ2) is 6.59. The fourth-order valence-electron chi connectivity index (χ4n) is 2.62. The van der Waals surface area contributed by atoms with Gasteiger partial charge >= 0.3 is 0 Å². The molecular formula is C17H28N2O. The highest BCUT2D eigenvalue weighted by atomic mass is 16.3. The Balaban J connectivity index is 1.79. The summed E-state index contributed by atoms with van der Waals surface area (Å²) in [7, 11) is 2.14. The van der Waals surface area contributed by atoms with Crippen molar-refractivity contribution in [3.63, 3.8) is 0 Å². The van der Waals surface area contributed by atoms with Gasteiger partial charge in [0.2, 0.25) is 0 Å². The molecule has 1 saturated carbocycles. The van der Waals surface area contributed by atoms with Crippen LogP contribution in [0.3, 0.4) is 0 Å². The zero-order valence-corrected chi connectivity index (χ0v) is 13.0. The maximum Gasteiger partial charge on any atom is 0.0610 e. The molecular weight excluding hydrogens is 248 g/mol. The Morgan fingerprint density at radius 2 is 2.15 bits per heavy atom. The first-order valence-electron chi connectivity index (χ1n) is 7.69. The number of nitrogens with one attached hydrogen (secondary N) is 1. The van der Waals surface area contributed by atoms with Crippen LogP contribution in [0.4, 0.5) is 5.69 Å². The summed E-state index contributed by atoms with van der Waals surface area (Å²) >= 11 is 0. The Bertz CT molecular complexity index is 431. The standard InChI is InChI=1S/C17H28N2O/c1-14-6-4-7-16(12-14)19(3)11-5-10-17(2,13-20)18-15-8-9-15/h4,6-7,12,15,18,20H,5,8-11,13H2,1-3H3. The van der Waals surface area contributed by atoms with E-state index in [0.29, 0.717) is 6.04 Å². The van der Waals surface area contributed by atoms with E-state index in [0.717, 1.165) is 19.4 Å². The number of anilines is 1. The van der Waals surface area contributed by atoms with Crippen LogP contribution >= 0.6 is 0 Å². The third kappa shape index (κ3) is 4.50. The van der Waals surface area contributed by atoms with Crippen molar-refractivity contribution in [1.29, 1.82) is 0 Å². The lowest BCUT2D eigenvalue weighted by Gasteiger charge is -2.30. The average Bonchev–Trinajstić information content (AvgIpc) is 3.22. The van der Waals surface area contributed by atoms with Gasteiger partial charge in [-0.1, -0.05) is 12.1 Å². The Morgan fingerprint density at radius 3 is 2.75 bits per heavy atom. The molecule has 1 aromatic carbocycles. The van der Waals surface area contributed by atoms with E-state index in [1.54, 1.807) is 0 Å². The molecule has 1 atom stereocenters. The molecule has 0 amide bonds. The molecule has 3 heteroatoms. The monoisotopic (exact) mass is 276 g/mol. The molecule has 0 bridgehead atoms. The first kappa shape index (κ1) is 15.3. The van der Waals surface area contributed by atoms with Crippen molar-refractivity contribution in [1.82, 2.24) is 5.32 Å². The van der Waals surface area contributed by atoms with E-state index in [2.05, 4.69) is 55.4 Å². The van der Waals surface area contributed by atoms with E-state index in [1.807, 2.05) is 0 Å². The molecule has 1 aromatic rings. The lowest BCUT2D eigenvalue weighted by atomic mass is 9.96. The Morgan fingerprint density at radius 1 is 1.40 bits per heavy atom. The van der Waals surface area contributed by atoms with Crippen molar-refractivity contribution in [2.45, 2.75) is 51.1 Å². The molecule has 0 heterocycles. The van der Waals surface area contributed by atoms with E-state index in [-0.39, 0.29) is 12.1 Å². The molecule has 1 aliphatic rings. The van der Waals surface area contributed by atoms with Crippen LogP contribution in [0.2, 0.25) is 0 Å². The molecule has 0 aliphatic heterocycles. The zero-order chi connectivity index (χ0) is 14.6. The third-order valence-corrected chi connectivity index (χ3v) is 4.14. The van der Waals surface area contributed by atoms with Crippen LogP contribution in [-0.2, 0) is 0 Å². The summed E-state index contributed by atoms with van der Waals surface area (Å²) in [6.45, 7) is 5.50. The molecule has 3 nitrogen and oxygen atoms in total. The minimum absolute atomic E-state index is 0.116. The number of rotatable bonds is 8. The maximum atomic E-state index is 9.60. The highest BCUT2D eigenvalue weighted by Crippen LogP contribution is 2.25. The molecule has 20 heavy (non-hydrogen) atoms. The second-order valence-corrected chi connectivity index (χ2v) is 6.50. The molecule has 2 rings (SSSR count). The highest BCUT2D eigenvalue weighted by molar-refractivity contribution is 5.47. The summed E-state index contributed by atoms with van der Waals surface area (Å²) in [5.41, 5.74) is 2.45. The van der Waals surface area contributed by atoms with Crippen molar-refractivity contribution < 1.29 is 5.11 Å². The maximum absolute atomic E-state index is 9.60. The minimum Gasteiger partial charge on any atom is -0.394 e. The molecule has 1 unspecified atom stereocenters. The zero-order valence-electron chi connectivity index (χ0n) is 13.0. The predicted molar refractivity (Wildman–Crippen MR) is 85.3 cm³/mol. The van der Waals surface area contributed by atoms with Gasteiger partial charge < -0.3 is 15.3 Å². The van der Waals surface area contributed by atoms with Gasteiger partial charge in [0, 0.05) is 30.9 Å². The number of aryl methyl sites for hydroxylation is 1. The van der Waals surface area contributed by atoms with Gasteiger partial charge in [-0.05, 0) is 57.2 Å². The molecule has 0 radical (unpaired) electrons. The number of hydrogen-bond acceptors (Lipinski definition) is 3. The first-order valence-corrected chi connectivity index (χ1v) is 7.69. The van der Waals surface area contributed by atoms with Gasteiger partial charge in [-0.3, -0.25) is 0 Å². The van der Waals surface area contributed by atoms with E-state index >= 15 is 0 Å². The minimum atomic E-state index is -0.116. The number of benzene rings is 1. The molecule has 112 valence electrons. The third-order valence-electron chi connectivity index (χ3n) is 4.14. The van der Waals surface area contributed by atoms with E-state index in [9.17, 15) is 5.11 Å². The molecule has 2 N–H and O–H groups in total.